The van der Waals surface area contributed by atoms with Crippen LogP contribution in [-0.4, -0.2) is 12.5 Å². The van der Waals surface area contributed by atoms with Crippen LogP contribution in [0.3, 0.4) is 0 Å². The Morgan fingerprint density at radius 3 is 2.38 bits per heavy atom. The number of nitrogens with one attached hydrogen (secondary N) is 1. The predicted octanol–water partition coefficient (Wildman–Crippen LogP) is 4.34. The Morgan fingerprint density at radius 2 is 1.71 bits per heavy atom. The van der Waals surface area contributed by atoms with Crippen molar-refractivity contribution in [1.29, 1.82) is 0 Å². The van der Waals surface area contributed by atoms with Gasteiger partial charge in [-0.2, -0.15) is 0 Å². The summed E-state index contributed by atoms with van der Waals surface area (Å²) in [6.45, 7) is 0.274. The molecule has 0 aliphatic heterocycles. The molecular formula is C15H12Cl3NO2. The molecule has 0 bridgehead atoms. The highest BCUT2D eigenvalue weighted by Crippen LogP contribution is 2.24. The van der Waals surface area contributed by atoms with E-state index in [0.717, 1.165) is 5.56 Å². The van der Waals surface area contributed by atoms with Gasteiger partial charge in [-0.3, -0.25) is 4.79 Å². The highest BCUT2D eigenvalue weighted by Gasteiger charge is 2.05. The van der Waals surface area contributed by atoms with E-state index in [1.807, 2.05) is 12.1 Å². The first-order valence-electron chi connectivity index (χ1n) is 6.13. The average molecular weight is 345 g/mol. The summed E-state index contributed by atoms with van der Waals surface area (Å²) in [7, 11) is 0. The van der Waals surface area contributed by atoms with Crippen LogP contribution in [0, 0.1) is 0 Å². The van der Waals surface area contributed by atoms with E-state index in [-0.39, 0.29) is 12.5 Å². The smallest absolute Gasteiger partial charge is 0.258 e. The van der Waals surface area contributed by atoms with Gasteiger partial charge in [0.15, 0.2) is 6.61 Å². The van der Waals surface area contributed by atoms with Crippen LogP contribution in [0.4, 0.5) is 0 Å². The van der Waals surface area contributed by atoms with Crippen molar-refractivity contribution in [1.82, 2.24) is 5.32 Å². The molecule has 110 valence electrons. The van der Waals surface area contributed by atoms with Gasteiger partial charge in [0.05, 0.1) is 0 Å². The van der Waals surface area contributed by atoms with Gasteiger partial charge in [-0.05, 0) is 35.9 Å². The topological polar surface area (TPSA) is 38.3 Å². The van der Waals surface area contributed by atoms with Crippen molar-refractivity contribution in [3.63, 3.8) is 0 Å². The fourth-order valence-electron chi connectivity index (χ4n) is 1.66. The van der Waals surface area contributed by atoms with Crippen molar-refractivity contribution in [2.24, 2.45) is 0 Å². The lowest BCUT2D eigenvalue weighted by molar-refractivity contribution is -0.123. The monoisotopic (exact) mass is 343 g/mol. The van der Waals surface area contributed by atoms with Crippen molar-refractivity contribution in [2.75, 3.05) is 6.61 Å². The SMILES string of the molecule is O=C(COc1cc(Cl)cc(Cl)c1)NCc1cccc(Cl)c1. The summed E-state index contributed by atoms with van der Waals surface area (Å²) in [5.41, 5.74) is 0.918. The number of carbonyl (C=O) groups is 1. The second-order valence-corrected chi connectivity index (χ2v) is 5.61. The van der Waals surface area contributed by atoms with Gasteiger partial charge in [0.1, 0.15) is 5.75 Å². The van der Waals surface area contributed by atoms with E-state index in [1.54, 1.807) is 30.3 Å². The summed E-state index contributed by atoms with van der Waals surface area (Å²) >= 11 is 17.6. The maximum atomic E-state index is 11.7. The maximum Gasteiger partial charge on any atom is 0.258 e. The molecule has 2 aromatic rings. The van der Waals surface area contributed by atoms with Crippen molar-refractivity contribution in [3.05, 3.63) is 63.1 Å². The summed E-state index contributed by atoms with van der Waals surface area (Å²) in [4.78, 5) is 11.7. The van der Waals surface area contributed by atoms with Gasteiger partial charge >= 0.3 is 0 Å². The van der Waals surface area contributed by atoms with E-state index in [1.165, 1.54) is 0 Å². The molecule has 2 rings (SSSR count). The van der Waals surface area contributed by atoms with E-state index in [9.17, 15) is 4.79 Å². The summed E-state index contributed by atoms with van der Waals surface area (Å²) in [5.74, 6) is 0.205. The van der Waals surface area contributed by atoms with Crippen LogP contribution in [0.25, 0.3) is 0 Å². The van der Waals surface area contributed by atoms with Crippen LogP contribution in [0.15, 0.2) is 42.5 Å². The zero-order chi connectivity index (χ0) is 15.2. The van der Waals surface area contributed by atoms with Crippen molar-refractivity contribution >= 4 is 40.7 Å². The molecule has 0 saturated heterocycles. The van der Waals surface area contributed by atoms with Crippen LogP contribution >= 0.6 is 34.8 Å². The lowest BCUT2D eigenvalue weighted by Crippen LogP contribution is -2.28. The molecule has 0 aliphatic rings. The average Bonchev–Trinajstić information content (AvgIpc) is 2.42. The first-order chi connectivity index (χ1) is 10.0. The Morgan fingerprint density at radius 1 is 1.00 bits per heavy atom. The molecule has 2 aromatic carbocycles. The number of hydrogen-bond donors (Lipinski definition) is 1. The Labute approximate surface area is 137 Å². The lowest BCUT2D eigenvalue weighted by Gasteiger charge is -2.08. The van der Waals surface area contributed by atoms with E-state index in [0.29, 0.717) is 27.4 Å². The first-order valence-corrected chi connectivity index (χ1v) is 7.26. The molecule has 3 nitrogen and oxygen atoms in total. The first kappa shape index (κ1) is 16.0. The lowest BCUT2D eigenvalue weighted by atomic mass is 10.2. The van der Waals surface area contributed by atoms with Gasteiger partial charge in [0, 0.05) is 21.6 Å². The van der Waals surface area contributed by atoms with Crippen molar-refractivity contribution < 1.29 is 9.53 Å². The standard InChI is InChI=1S/C15H12Cl3NO2/c16-11-3-1-2-10(4-11)8-19-15(20)9-21-14-6-12(17)5-13(18)7-14/h1-7H,8-9H2,(H,19,20). The Hall–Kier alpha value is -1.42. The minimum atomic E-state index is -0.244. The van der Waals surface area contributed by atoms with Gasteiger partial charge in [-0.25, -0.2) is 0 Å². The van der Waals surface area contributed by atoms with Gasteiger partial charge in [0.2, 0.25) is 0 Å². The molecule has 0 radical (unpaired) electrons. The number of benzene rings is 2. The zero-order valence-electron chi connectivity index (χ0n) is 10.9. The molecule has 0 heterocycles. The van der Waals surface area contributed by atoms with Crippen LogP contribution < -0.4 is 10.1 Å². The molecular weight excluding hydrogens is 333 g/mol. The fourth-order valence-corrected chi connectivity index (χ4v) is 2.38. The highest BCUT2D eigenvalue weighted by molar-refractivity contribution is 6.34. The molecule has 0 spiro atoms. The van der Waals surface area contributed by atoms with Gasteiger partial charge in [-0.1, -0.05) is 46.9 Å². The largest absolute Gasteiger partial charge is 0.484 e. The van der Waals surface area contributed by atoms with E-state index in [4.69, 9.17) is 39.5 Å². The minimum absolute atomic E-state index is 0.114. The summed E-state index contributed by atoms with van der Waals surface area (Å²) in [5, 5.41) is 4.28. The van der Waals surface area contributed by atoms with Crippen LogP contribution in [0.5, 0.6) is 5.75 Å². The number of ether oxygens (including phenoxy) is 1. The molecule has 1 N–H and O–H groups in total. The minimum Gasteiger partial charge on any atom is -0.484 e. The fraction of sp³-hybridized carbons (Fsp3) is 0.133. The van der Waals surface area contributed by atoms with Crippen LogP contribution in [0.1, 0.15) is 5.56 Å². The Kier molecular flexibility index (Phi) is 5.74. The van der Waals surface area contributed by atoms with Crippen molar-refractivity contribution in [2.45, 2.75) is 6.54 Å². The molecule has 0 saturated carbocycles. The summed E-state index contributed by atoms with van der Waals surface area (Å²) < 4.78 is 5.33. The predicted molar refractivity (Wildman–Crippen MR) is 85.3 cm³/mol. The number of carbonyl (C=O) groups excluding carboxylic acids is 1. The quantitative estimate of drug-likeness (QED) is 0.876. The summed E-state index contributed by atoms with van der Waals surface area (Å²) in [6.07, 6.45) is 0. The molecule has 0 aliphatic carbocycles. The number of amides is 1. The van der Waals surface area contributed by atoms with Gasteiger partial charge in [-0.15, -0.1) is 0 Å². The van der Waals surface area contributed by atoms with E-state index in [2.05, 4.69) is 5.32 Å². The Bertz CT molecular complexity index is 626. The van der Waals surface area contributed by atoms with Gasteiger partial charge in [0.25, 0.3) is 5.91 Å². The van der Waals surface area contributed by atoms with Crippen LogP contribution in [0.2, 0.25) is 15.1 Å². The highest BCUT2D eigenvalue weighted by atomic mass is 35.5. The molecule has 0 atom stereocenters. The van der Waals surface area contributed by atoms with E-state index < -0.39 is 0 Å². The molecule has 0 aromatic heterocycles. The molecule has 0 fully saturated rings. The third kappa shape index (κ3) is 5.46. The number of rotatable bonds is 5. The number of halogens is 3. The Balaban J connectivity index is 1.82. The maximum absolute atomic E-state index is 11.7. The van der Waals surface area contributed by atoms with Crippen molar-refractivity contribution in [3.8, 4) is 5.75 Å². The second-order valence-electron chi connectivity index (χ2n) is 4.30. The third-order valence-corrected chi connectivity index (χ3v) is 3.26. The molecule has 0 unspecified atom stereocenters. The normalized spacial score (nSPS) is 10.2. The van der Waals surface area contributed by atoms with Crippen LogP contribution in [-0.2, 0) is 11.3 Å². The van der Waals surface area contributed by atoms with E-state index >= 15 is 0 Å². The molecule has 6 heteroatoms. The third-order valence-electron chi connectivity index (χ3n) is 2.58. The molecule has 1 amide bonds. The van der Waals surface area contributed by atoms with Gasteiger partial charge < -0.3 is 10.1 Å². The number of hydrogen-bond acceptors (Lipinski definition) is 2. The second kappa shape index (κ2) is 7.55. The zero-order valence-corrected chi connectivity index (χ0v) is 13.2. The molecule has 21 heavy (non-hydrogen) atoms. The summed E-state index contributed by atoms with van der Waals surface area (Å²) in [6, 6.07) is 12.1.